The third kappa shape index (κ3) is 4.42. The fourth-order valence-electron chi connectivity index (χ4n) is 6.83. The average Bonchev–Trinajstić information content (AvgIpc) is 3.72. The van der Waals surface area contributed by atoms with Gasteiger partial charge in [0, 0.05) is 32.0 Å². The van der Waals surface area contributed by atoms with E-state index in [1.165, 1.54) is 32.2 Å². The van der Waals surface area contributed by atoms with Crippen LogP contribution < -0.4 is 0 Å². The van der Waals surface area contributed by atoms with Gasteiger partial charge >= 0.3 is 0 Å². The predicted molar refractivity (Wildman–Crippen MR) is 201 cm³/mol. The molecule has 224 valence electrons. The lowest BCUT2D eigenvalue weighted by atomic mass is 10.00. The maximum absolute atomic E-state index is 6.31. The molecule has 48 heavy (non-hydrogen) atoms. The summed E-state index contributed by atoms with van der Waals surface area (Å²) in [4.78, 5) is 10.5. The van der Waals surface area contributed by atoms with E-state index in [1.54, 1.807) is 11.3 Å². The number of aromatic nitrogens is 2. The third-order valence-corrected chi connectivity index (χ3v) is 10.4. The summed E-state index contributed by atoms with van der Waals surface area (Å²) in [5.74, 6) is 0.708. The van der Waals surface area contributed by atoms with Gasteiger partial charge in [-0.05, 0) is 63.4 Å². The Morgan fingerprint density at radius 2 is 1.06 bits per heavy atom. The first kappa shape index (κ1) is 27.1. The number of hydrogen-bond acceptors (Lipinski definition) is 4. The predicted octanol–water partition coefficient (Wildman–Crippen LogP) is 12.6. The van der Waals surface area contributed by atoms with E-state index >= 15 is 0 Å². The van der Waals surface area contributed by atoms with Crippen LogP contribution in [0.25, 0.3) is 97.9 Å². The van der Waals surface area contributed by atoms with E-state index in [-0.39, 0.29) is 0 Å². The molecule has 0 saturated carbocycles. The maximum Gasteiger partial charge on any atom is 0.160 e. The zero-order valence-corrected chi connectivity index (χ0v) is 26.5. The number of hydrogen-bond donors (Lipinski definition) is 0. The zero-order valence-electron chi connectivity index (χ0n) is 25.7. The first-order valence-electron chi connectivity index (χ1n) is 16.1. The summed E-state index contributed by atoms with van der Waals surface area (Å²) in [6, 6.07) is 55.6. The molecule has 0 aliphatic rings. The lowest BCUT2D eigenvalue weighted by Crippen LogP contribution is -1.93. The van der Waals surface area contributed by atoms with Crippen molar-refractivity contribution in [1.82, 2.24) is 9.97 Å². The van der Waals surface area contributed by atoms with Crippen LogP contribution in [-0.2, 0) is 0 Å². The molecule has 0 fully saturated rings. The molecule has 0 bridgehead atoms. The van der Waals surface area contributed by atoms with Crippen molar-refractivity contribution in [1.29, 1.82) is 0 Å². The molecule has 3 nitrogen and oxygen atoms in total. The van der Waals surface area contributed by atoms with Crippen LogP contribution in [-0.4, -0.2) is 9.97 Å². The molecular weight excluding hydrogens is 605 g/mol. The van der Waals surface area contributed by atoms with E-state index in [1.807, 2.05) is 12.1 Å². The number of furan rings is 1. The Bertz CT molecular complexity index is 2830. The van der Waals surface area contributed by atoms with Crippen molar-refractivity contribution in [3.63, 3.8) is 0 Å². The van der Waals surface area contributed by atoms with Crippen LogP contribution in [0.3, 0.4) is 0 Å². The van der Waals surface area contributed by atoms with Crippen molar-refractivity contribution in [2.45, 2.75) is 0 Å². The number of para-hydroxylation sites is 1. The Balaban J connectivity index is 1.15. The van der Waals surface area contributed by atoms with Gasteiger partial charge in [-0.1, -0.05) is 127 Å². The standard InChI is InChI=1S/C44H26N2OS/c1-2-8-27(9-3-1)33-20-23-37-40(26-33)48-43-41(34-21-22-36-35-12-6-7-13-38(35)47-39(36)25-34)45-44(46-42(37)43)30-17-14-29(15-18-30)32-19-16-28-10-4-5-11-31(28)24-32/h1-26H. The Kier molecular flexibility index (Phi) is 6.05. The quantitative estimate of drug-likeness (QED) is 0.194. The van der Waals surface area contributed by atoms with Gasteiger partial charge in [-0.15, -0.1) is 11.3 Å². The van der Waals surface area contributed by atoms with Gasteiger partial charge in [0.25, 0.3) is 0 Å². The number of rotatable bonds is 4. The van der Waals surface area contributed by atoms with Crippen LogP contribution in [0.4, 0.5) is 0 Å². The fraction of sp³-hybridized carbons (Fsp3) is 0. The molecule has 0 amide bonds. The maximum atomic E-state index is 6.31. The molecule has 0 aliphatic heterocycles. The van der Waals surface area contributed by atoms with E-state index in [0.717, 1.165) is 59.9 Å². The molecule has 0 atom stereocenters. The molecule has 10 aromatic rings. The van der Waals surface area contributed by atoms with Crippen molar-refractivity contribution in [3.05, 3.63) is 158 Å². The SMILES string of the molecule is c1ccc(-c2ccc3c(c2)sc2c(-c4ccc5c(c4)oc4ccccc45)nc(-c4ccc(-c5ccc6ccccc6c5)cc4)nc23)cc1. The van der Waals surface area contributed by atoms with Crippen LogP contribution >= 0.6 is 11.3 Å². The Morgan fingerprint density at radius 1 is 0.417 bits per heavy atom. The molecule has 7 aromatic carbocycles. The van der Waals surface area contributed by atoms with Crippen LogP contribution in [0.1, 0.15) is 0 Å². The molecule has 10 rings (SSSR count). The summed E-state index contributed by atoms with van der Waals surface area (Å²) in [6.45, 7) is 0. The van der Waals surface area contributed by atoms with Gasteiger partial charge in [0.1, 0.15) is 11.2 Å². The fourth-order valence-corrected chi connectivity index (χ4v) is 8.02. The molecule has 0 spiro atoms. The lowest BCUT2D eigenvalue weighted by molar-refractivity contribution is 0.669. The normalized spacial score (nSPS) is 11.8. The Labute approximate surface area is 280 Å². The summed E-state index contributed by atoms with van der Waals surface area (Å²) in [5, 5.41) is 5.84. The highest BCUT2D eigenvalue weighted by Crippen LogP contribution is 2.42. The zero-order chi connectivity index (χ0) is 31.6. The summed E-state index contributed by atoms with van der Waals surface area (Å²) < 4.78 is 8.57. The number of nitrogens with zero attached hydrogens (tertiary/aromatic N) is 2. The van der Waals surface area contributed by atoms with E-state index in [0.29, 0.717) is 5.82 Å². The highest BCUT2D eigenvalue weighted by atomic mass is 32.1. The monoisotopic (exact) mass is 630 g/mol. The Hall–Kier alpha value is -6.10. The van der Waals surface area contributed by atoms with Crippen LogP contribution in [0.2, 0.25) is 0 Å². The third-order valence-electron chi connectivity index (χ3n) is 9.30. The molecule has 0 saturated heterocycles. The second-order valence-electron chi connectivity index (χ2n) is 12.2. The molecular formula is C44H26N2OS. The van der Waals surface area contributed by atoms with Crippen molar-refractivity contribution >= 4 is 64.4 Å². The summed E-state index contributed by atoms with van der Waals surface area (Å²) in [5.41, 5.74) is 10.4. The van der Waals surface area contributed by atoms with Crippen molar-refractivity contribution in [2.75, 3.05) is 0 Å². The van der Waals surface area contributed by atoms with Gasteiger partial charge in [0.05, 0.1) is 15.9 Å². The van der Waals surface area contributed by atoms with E-state index < -0.39 is 0 Å². The summed E-state index contributed by atoms with van der Waals surface area (Å²) in [6.07, 6.45) is 0. The van der Waals surface area contributed by atoms with E-state index in [4.69, 9.17) is 14.4 Å². The van der Waals surface area contributed by atoms with Gasteiger partial charge in [0.15, 0.2) is 5.82 Å². The van der Waals surface area contributed by atoms with Crippen LogP contribution in [0.15, 0.2) is 162 Å². The van der Waals surface area contributed by atoms with Gasteiger partial charge in [0.2, 0.25) is 0 Å². The smallest absolute Gasteiger partial charge is 0.160 e. The number of thiophene rings is 1. The second kappa shape index (κ2) is 10.7. The highest BCUT2D eigenvalue weighted by Gasteiger charge is 2.19. The van der Waals surface area contributed by atoms with Crippen molar-refractivity contribution in [3.8, 4) is 44.9 Å². The number of fused-ring (bicyclic) bond motifs is 7. The minimum absolute atomic E-state index is 0.708. The summed E-state index contributed by atoms with van der Waals surface area (Å²) >= 11 is 1.75. The average molecular weight is 631 g/mol. The van der Waals surface area contributed by atoms with E-state index in [2.05, 4.69) is 146 Å². The van der Waals surface area contributed by atoms with Crippen LogP contribution in [0.5, 0.6) is 0 Å². The van der Waals surface area contributed by atoms with E-state index in [9.17, 15) is 0 Å². The first-order valence-corrected chi connectivity index (χ1v) is 16.9. The Morgan fingerprint density at radius 3 is 1.96 bits per heavy atom. The van der Waals surface area contributed by atoms with Crippen LogP contribution in [0, 0.1) is 0 Å². The van der Waals surface area contributed by atoms with Gasteiger partial charge in [-0.25, -0.2) is 9.97 Å². The molecule has 0 N–H and O–H groups in total. The van der Waals surface area contributed by atoms with Gasteiger partial charge in [-0.2, -0.15) is 0 Å². The number of benzene rings is 7. The van der Waals surface area contributed by atoms with Gasteiger partial charge in [-0.3, -0.25) is 0 Å². The highest BCUT2D eigenvalue weighted by molar-refractivity contribution is 7.26. The minimum Gasteiger partial charge on any atom is -0.456 e. The first-order chi connectivity index (χ1) is 23.7. The molecule has 4 heteroatoms. The minimum atomic E-state index is 0.708. The van der Waals surface area contributed by atoms with Crippen molar-refractivity contribution < 1.29 is 4.42 Å². The summed E-state index contributed by atoms with van der Waals surface area (Å²) in [7, 11) is 0. The largest absolute Gasteiger partial charge is 0.456 e. The van der Waals surface area contributed by atoms with Crippen molar-refractivity contribution in [2.24, 2.45) is 0 Å². The molecule has 0 unspecified atom stereocenters. The topological polar surface area (TPSA) is 38.9 Å². The molecule has 0 radical (unpaired) electrons. The molecule has 3 heterocycles. The molecule has 0 aliphatic carbocycles. The van der Waals surface area contributed by atoms with Gasteiger partial charge < -0.3 is 4.42 Å². The second-order valence-corrected chi connectivity index (χ2v) is 13.3. The molecule has 3 aromatic heterocycles. The lowest BCUT2D eigenvalue weighted by Gasteiger charge is -2.09.